The van der Waals surface area contributed by atoms with E-state index in [2.05, 4.69) is 14.9 Å². The predicted molar refractivity (Wildman–Crippen MR) is 78.9 cm³/mol. The smallest absolute Gasteiger partial charge is 0.356 e. The summed E-state index contributed by atoms with van der Waals surface area (Å²) in [7, 11) is 0. The summed E-state index contributed by atoms with van der Waals surface area (Å²) < 4.78 is 5.60. The number of aromatic nitrogens is 2. The lowest BCUT2D eigenvalue weighted by atomic mass is 9.81. The summed E-state index contributed by atoms with van der Waals surface area (Å²) in [5.41, 5.74) is -0.0636. The van der Waals surface area contributed by atoms with Crippen LogP contribution >= 0.6 is 0 Å². The van der Waals surface area contributed by atoms with Gasteiger partial charge in [0.05, 0.1) is 37.8 Å². The predicted octanol–water partition coefficient (Wildman–Crippen LogP) is 0.931. The Hall–Kier alpha value is -1.73. The lowest BCUT2D eigenvalue weighted by molar-refractivity contribution is 0.00838. The second-order valence-corrected chi connectivity index (χ2v) is 5.92. The fourth-order valence-electron chi connectivity index (χ4n) is 3.43. The van der Waals surface area contributed by atoms with E-state index in [-0.39, 0.29) is 23.8 Å². The van der Waals surface area contributed by atoms with E-state index in [1.165, 1.54) is 12.4 Å². The van der Waals surface area contributed by atoms with E-state index >= 15 is 0 Å². The molecule has 0 amide bonds. The van der Waals surface area contributed by atoms with Crippen LogP contribution in [0.5, 0.6) is 0 Å². The van der Waals surface area contributed by atoms with Gasteiger partial charge in [0.15, 0.2) is 5.69 Å². The van der Waals surface area contributed by atoms with Crippen LogP contribution in [0.1, 0.15) is 36.2 Å². The second kappa shape index (κ2) is 6.58. The molecule has 3 rings (SSSR count). The van der Waals surface area contributed by atoms with E-state index in [1.54, 1.807) is 0 Å². The van der Waals surface area contributed by atoms with Crippen LogP contribution in [0.3, 0.4) is 0 Å². The summed E-state index contributed by atoms with van der Waals surface area (Å²) in [5.74, 6) is -0.272. The highest BCUT2D eigenvalue weighted by Gasteiger charge is 2.36. The van der Waals surface area contributed by atoms with Crippen molar-refractivity contribution in [3.05, 3.63) is 18.1 Å². The number of carboxylic acid groups (broad SMARTS) is 1. The van der Waals surface area contributed by atoms with Crippen molar-refractivity contribution in [2.24, 2.45) is 5.92 Å². The lowest BCUT2D eigenvalue weighted by Gasteiger charge is -2.43. The van der Waals surface area contributed by atoms with Gasteiger partial charge >= 0.3 is 5.97 Å². The Balaban J connectivity index is 1.81. The van der Waals surface area contributed by atoms with Gasteiger partial charge in [-0.15, -0.1) is 0 Å². The number of rotatable bonds is 3. The second-order valence-electron chi connectivity index (χ2n) is 5.92. The van der Waals surface area contributed by atoms with E-state index in [0.717, 1.165) is 25.7 Å². The third-order valence-corrected chi connectivity index (χ3v) is 4.59. The molecule has 3 unspecified atom stereocenters. The number of nitrogens with zero attached hydrogens (tertiary/aromatic N) is 3. The van der Waals surface area contributed by atoms with Gasteiger partial charge in [-0.1, -0.05) is 12.8 Å². The molecule has 1 aromatic rings. The molecule has 2 heterocycles. The Labute approximate surface area is 128 Å². The standard InChI is InChI=1S/C15H21N3O4/c19-13-4-2-1-3-10(13)12-9-22-6-5-18(12)14-8-16-11(7-17-14)15(20)21/h7-8,10,12-13,19H,1-6,9H2,(H,20,21). The Morgan fingerprint density at radius 1 is 1.27 bits per heavy atom. The SMILES string of the molecule is O=C(O)c1cnc(N2CCOCC2C2CCCCC2O)cn1. The minimum Gasteiger partial charge on any atom is -0.476 e. The van der Waals surface area contributed by atoms with Gasteiger partial charge in [0.1, 0.15) is 5.82 Å². The van der Waals surface area contributed by atoms with Gasteiger partial charge in [-0.25, -0.2) is 14.8 Å². The number of aromatic carboxylic acids is 1. The molecule has 2 N–H and O–H groups in total. The molecule has 2 aliphatic rings. The van der Waals surface area contributed by atoms with E-state index < -0.39 is 5.97 Å². The maximum absolute atomic E-state index is 10.9. The highest BCUT2D eigenvalue weighted by molar-refractivity contribution is 5.84. The van der Waals surface area contributed by atoms with Crippen LogP contribution in [-0.2, 0) is 4.74 Å². The maximum atomic E-state index is 10.9. The van der Waals surface area contributed by atoms with Gasteiger partial charge in [-0.2, -0.15) is 0 Å². The van der Waals surface area contributed by atoms with Gasteiger partial charge in [0.2, 0.25) is 0 Å². The van der Waals surface area contributed by atoms with Crippen LogP contribution < -0.4 is 4.90 Å². The topological polar surface area (TPSA) is 95.8 Å². The largest absolute Gasteiger partial charge is 0.476 e. The van der Waals surface area contributed by atoms with E-state index in [0.29, 0.717) is 25.6 Å². The van der Waals surface area contributed by atoms with Crippen molar-refractivity contribution in [2.45, 2.75) is 37.8 Å². The first-order valence-corrected chi connectivity index (χ1v) is 7.74. The van der Waals surface area contributed by atoms with Gasteiger partial charge in [-0.3, -0.25) is 0 Å². The molecule has 7 heteroatoms. The van der Waals surface area contributed by atoms with Crippen LogP contribution in [0.2, 0.25) is 0 Å². The Morgan fingerprint density at radius 2 is 2.09 bits per heavy atom. The van der Waals surface area contributed by atoms with Crippen molar-refractivity contribution >= 4 is 11.8 Å². The fourth-order valence-corrected chi connectivity index (χ4v) is 3.43. The number of carbonyl (C=O) groups is 1. The first-order chi connectivity index (χ1) is 10.7. The van der Waals surface area contributed by atoms with E-state index in [9.17, 15) is 9.90 Å². The Bertz CT molecular complexity index is 522. The number of aliphatic hydroxyl groups excluding tert-OH is 1. The molecular weight excluding hydrogens is 286 g/mol. The monoisotopic (exact) mass is 307 g/mol. The molecule has 3 atom stereocenters. The van der Waals surface area contributed by atoms with E-state index in [4.69, 9.17) is 9.84 Å². The van der Waals surface area contributed by atoms with Gasteiger partial charge in [0, 0.05) is 12.5 Å². The summed E-state index contributed by atoms with van der Waals surface area (Å²) in [6.07, 6.45) is 6.46. The summed E-state index contributed by atoms with van der Waals surface area (Å²) >= 11 is 0. The number of hydrogen-bond donors (Lipinski definition) is 2. The molecule has 0 radical (unpaired) electrons. The highest BCUT2D eigenvalue weighted by Crippen LogP contribution is 2.32. The molecule has 0 aromatic carbocycles. The average Bonchev–Trinajstić information content (AvgIpc) is 2.55. The molecule has 0 spiro atoms. The number of morpholine rings is 1. The van der Waals surface area contributed by atoms with Crippen molar-refractivity contribution in [3.8, 4) is 0 Å². The molecule has 2 fully saturated rings. The van der Waals surface area contributed by atoms with Crippen molar-refractivity contribution in [2.75, 3.05) is 24.7 Å². The first kappa shape index (κ1) is 15.2. The van der Waals surface area contributed by atoms with Crippen molar-refractivity contribution in [1.82, 2.24) is 9.97 Å². The highest BCUT2D eigenvalue weighted by atomic mass is 16.5. The third-order valence-electron chi connectivity index (χ3n) is 4.59. The zero-order valence-electron chi connectivity index (χ0n) is 12.4. The van der Waals surface area contributed by atoms with Gasteiger partial charge in [0.25, 0.3) is 0 Å². The number of hydrogen-bond acceptors (Lipinski definition) is 6. The summed E-state index contributed by atoms with van der Waals surface area (Å²) in [6.45, 7) is 1.83. The molecule has 1 aliphatic carbocycles. The molecule has 1 saturated heterocycles. The van der Waals surface area contributed by atoms with Crippen LogP contribution in [0, 0.1) is 5.92 Å². The number of carboxylic acids is 1. The van der Waals surface area contributed by atoms with Crippen molar-refractivity contribution in [3.63, 3.8) is 0 Å². The van der Waals surface area contributed by atoms with Crippen molar-refractivity contribution in [1.29, 1.82) is 0 Å². The number of ether oxygens (including phenoxy) is 1. The van der Waals surface area contributed by atoms with Crippen LogP contribution in [-0.4, -0.2) is 58.1 Å². The first-order valence-electron chi connectivity index (χ1n) is 7.74. The summed E-state index contributed by atoms with van der Waals surface area (Å²) in [4.78, 5) is 21.2. The number of anilines is 1. The van der Waals surface area contributed by atoms with Crippen LogP contribution in [0.15, 0.2) is 12.4 Å². The molecule has 120 valence electrons. The zero-order chi connectivity index (χ0) is 15.5. The zero-order valence-corrected chi connectivity index (χ0v) is 12.4. The number of aliphatic hydroxyl groups is 1. The molecule has 1 aliphatic heterocycles. The van der Waals surface area contributed by atoms with Gasteiger partial charge in [-0.05, 0) is 12.8 Å². The quantitative estimate of drug-likeness (QED) is 0.857. The molecule has 0 bridgehead atoms. The average molecular weight is 307 g/mol. The lowest BCUT2D eigenvalue weighted by Crippen LogP contribution is -2.53. The molecule has 1 aromatic heterocycles. The maximum Gasteiger partial charge on any atom is 0.356 e. The molecule has 7 nitrogen and oxygen atoms in total. The fraction of sp³-hybridized carbons (Fsp3) is 0.667. The van der Waals surface area contributed by atoms with Crippen LogP contribution in [0.4, 0.5) is 5.82 Å². The normalized spacial score (nSPS) is 29.3. The Morgan fingerprint density at radius 3 is 2.77 bits per heavy atom. The summed E-state index contributed by atoms with van der Waals surface area (Å²) in [6, 6.07) is 0.0639. The Kier molecular flexibility index (Phi) is 4.54. The molecule has 1 saturated carbocycles. The minimum absolute atomic E-state index is 0.0636. The summed E-state index contributed by atoms with van der Waals surface area (Å²) in [5, 5.41) is 19.2. The van der Waals surface area contributed by atoms with Crippen molar-refractivity contribution < 1.29 is 19.7 Å². The third kappa shape index (κ3) is 3.05. The minimum atomic E-state index is -1.08. The molecular formula is C15H21N3O4. The van der Waals surface area contributed by atoms with E-state index in [1.807, 2.05) is 0 Å². The molecule has 22 heavy (non-hydrogen) atoms. The van der Waals surface area contributed by atoms with Gasteiger partial charge < -0.3 is 19.8 Å². The van der Waals surface area contributed by atoms with Crippen LogP contribution in [0.25, 0.3) is 0 Å².